The number of rotatable bonds is 2. The molecule has 0 radical (unpaired) electrons. The molecule has 1 fully saturated rings. The van der Waals surface area contributed by atoms with E-state index < -0.39 is 10.7 Å². The number of benzene rings is 1. The van der Waals surface area contributed by atoms with Gasteiger partial charge in [-0.3, -0.25) is 10.1 Å². The lowest BCUT2D eigenvalue weighted by atomic mass is 10.2. The third kappa shape index (κ3) is 2.44. The molecule has 0 spiro atoms. The quantitative estimate of drug-likeness (QED) is 0.589. The fourth-order valence-electron chi connectivity index (χ4n) is 1.67. The van der Waals surface area contributed by atoms with Gasteiger partial charge in [-0.25, -0.2) is 4.39 Å². The van der Waals surface area contributed by atoms with E-state index in [2.05, 4.69) is 0 Å². The first kappa shape index (κ1) is 11.2. The molecule has 1 aromatic rings. The average Bonchev–Trinajstić information content (AvgIpc) is 2.29. The Hall–Kier alpha value is -1.30. The highest BCUT2D eigenvalue weighted by molar-refractivity contribution is 7.99. The summed E-state index contributed by atoms with van der Waals surface area (Å²) in [7, 11) is 0. The summed E-state index contributed by atoms with van der Waals surface area (Å²) in [5.74, 6) is 1.40. The van der Waals surface area contributed by atoms with Crippen molar-refractivity contribution in [3.63, 3.8) is 0 Å². The van der Waals surface area contributed by atoms with Gasteiger partial charge in [0.1, 0.15) is 5.82 Å². The van der Waals surface area contributed by atoms with Crippen molar-refractivity contribution < 1.29 is 9.31 Å². The predicted molar refractivity (Wildman–Crippen MR) is 62.6 cm³/mol. The van der Waals surface area contributed by atoms with Crippen LogP contribution in [0.4, 0.5) is 15.8 Å². The summed E-state index contributed by atoms with van der Waals surface area (Å²) in [6, 6.07) is 3.73. The van der Waals surface area contributed by atoms with E-state index in [1.807, 2.05) is 16.7 Å². The van der Waals surface area contributed by atoms with Gasteiger partial charge in [0, 0.05) is 36.3 Å². The van der Waals surface area contributed by atoms with Crippen LogP contribution in [0.5, 0.6) is 0 Å². The number of non-ortho nitro benzene ring substituents is 1. The second kappa shape index (κ2) is 4.69. The van der Waals surface area contributed by atoms with Gasteiger partial charge in [-0.2, -0.15) is 11.8 Å². The average molecular weight is 242 g/mol. The molecule has 0 aromatic heterocycles. The van der Waals surface area contributed by atoms with Crippen LogP contribution in [0.25, 0.3) is 0 Å². The third-order valence-electron chi connectivity index (χ3n) is 2.45. The molecular weight excluding hydrogens is 231 g/mol. The Kier molecular flexibility index (Phi) is 3.28. The molecule has 1 aliphatic heterocycles. The van der Waals surface area contributed by atoms with Gasteiger partial charge in [0.15, 0.2) is 0 Å². The van der Waals surface area contributed by atoms with Crippen LogP contribution in [0.15, 0.2) is 18.2 Å². The van der Waals surface area contributed by atoms with Gasteiger partial charge in [0.25, 0.3) is 5.69 Å². The van der Waals surface area contributed by atoms with Crippen molar-refractivity contribution in [2.75, 3.05) is 29.5 Å². The largest absolute Gasteiger partial charge is 0.370 e. The summed E-state index contributed by atoms with van der Waals surface area (Å²) in [6.45, 7) is 1.62. The molecule has 0 N–H and O–H groups in total. The van der Waals surface area contributed by atoms with Crippen LogP contribution in [0.1, 0.15) is 0 Å². The molecule has 0 bridgehead atoms. The van der Waals surface area contributed by atoms with Crippen LogP contribution in [0, 0.1) is 15.9 Å². The third-order valence-corrected chi connectivity index (χ3v) is 3.40. The first-order valence-electron chi connectivity index (χ1n) is 4.94. The number of hydrogen-bond acceptors (Lipinski definition) is 4. The summed E-state index contributed by atoms with van der Waals surface area (Å²) >= 11 is 1.84. The summed E-state index contributed by atoms with van der Waals surface area (Å²) in [5, 5.41) is 10.6. The van der Waals surface area contributed by atoms with Gasteiger partial charge < -0.3 is 4.90 Å². The molecule has 1 heterocycles. The minimum atomic E-state index is -0.564. The minimum absolute atomic E-state index is 0.187. The van der Waals surface area contributed by atoms with Crippen molar-refractivity contribution in [1.29, 1.82) is 0 Å². The van der Waals surface area contributed by atoms with Crippen molar-refractivity contribution >= 4 is 23.1 Å². The van der Waals surface area contributed by atoms with Crippen LogP contribution in [0.2, 0.25) is 0 Å². The Morgan fingerprint density at radius 3 is 2.62 bits per heavy atom. The lowest BCUT2D eigenvalue weighted by molar-refractivity contribution is -0.385. The van der Waals surface area contributed by atoms with Gasteiger partial charge in [-0.05, 0) is 6.07 Å². The maximum Gasteiger partial charge on any atom is 0.274 e. The number of nitrogens with zero attached hydrogens (tertiary/aromatic N) is 2. The molecule has 6 heteroatoms. The minimum Gasteiger partial charge on any atom is -0.370 e. The Morgan fingerprint density at radius 2 is 2.00 bits per heavy atom. The van der Waals surface area contributed by atoms with Gasteiger partial charge >= 0.3 is 0 Å². The number of nitro groups is 1. The molecule has 0 atom stereocenters. The van der Waals surface area contributed by atoms with Gasteiger partial charge in [0.2, 0.25) is 0 Å². The Labute approximate surface area is 96.6 Å². The van der Waals surface area contributed by atoms with Crippen LogP contribution in [0.3, 0.4) is 0 Å². The van der Waals surface area contributed by atoms with Crippen molar-refractivity contribution in [2.24, 2.45) is 0 Å². The molecule has 0 unspecified atom stereocenters. The Morgan fingerprint density at radius 1 is 1.31 bits per heavy atom. The predicted octanol–water partition coefficient (Wildman–Crippen LogP) is 2.29. The number of anilines is 1. The monoisotopic (exact) mass is 242 g/mol. The number of hydrogen-bond donors (Lipinski definition) is 0. The fraction of sp³-hybridized carbons (Fsp3) is 0.400. The summed E-state index contributed by atoms with van der Waals surface area (Å²) in [6.07, 6.45) is 0. The molecule has 4 nitrogen and oxygen atoms in total. The maximum atomic E-state index is 13.2. The second-order valence-corrected chi connectivity index (χ2v) is 4.75. The topological polar surface area (TPSA) is 46.4 Å². The molecule has 86 valence electrons. The van der Waals surface area contributed by atoms with Crippen molar-refractivity contribution in [3.05, 3.63) is 34.1 Å². The standard InChI is InChI=1S/C10H11FN2O2S/c11-8-5-9(7-10(6-8)13(14)15)12-1-3-16-4-2-12/h5-7H,1-4H2. The highest BCUT2D eigenvalue weighted by atomic mass is 32.2. The molecule has 1 saturated heterocycles. The van der Waals surface area contributed by atoms with Crippen molar-refractivity contribution in [2.45, 2.75) is 0 Å². The van der Waals surface area contributed by atoms with E-state index in [9.17, 15) is 14.5 Å². The van der Waals surface area contributed by atoms with Gasteiger partial charge in [-0.15, -0.1) is 0 Å². The van der Waals surface area contributed by atoms with E-state index in [-0.39, 0.29) is 5.69 Å². The fourth-order valence-corrected chi connectivity index (χ4v) is 2.57. The van der Waals surface area contributed by atoms with Crippen molar-refractivity contribution in [1.82, 2.24) is 0 Å². The SMILES string of the molecule is O=[N+]([O-])c1cc(F)cc(N2CCSCC2)c1. The van der Waals surface area contributed by atoms with E-state index in [1.165, 1.54) is 12.1 Å². The maximum absolute atomic E-state index is 13.2. The number of thioether (sulfide) groups is 1. The van der Waals surface area contributed by atoms with Crippen molar-refractivity contribution in [3.8, 4) is 0 Å². The van der Waals surface area contributed by atoms with Crippen LogP contribution >= 0.6 is 11.8 Å². The second-order valence-electron chi connectivity index (χ2n) is 3.52. The van der Waals surface area contributed by atoms with Crippen LogP contribution in [-0.4, -0.2) is 29.5 Å². The van der Waals surface area contributed by atoms with E-state index in [0.717, 1.165) is 30.7 Å². The zero-order valence-electron chi connectivity index (χ0n) is 8.56. The molecule has 1 aromatic carbocycles. The first-order valence-corrected chi connectivity index (χ1v) is 6.10. The molecule has 2 rings (SSSR count). The van der Waals surface area contributed by atoms with E-state index in [0.29, 0.717) is 5.69 Å². The first-order chi connectivity index (χ1) is 7.66. The smallest absolute Gasteiger partial charge is 0.274 e. The summed E-state index contributed by atoms with van der Waals surface area (Å²) in [5.41, 5.74) is 0.417. The Bertz CT molecular complexity index is 408. The van der Waals surface area contributed by atoms with Crippen LogP contribution < -0.4 is 4.90 Å². The number of halogens is 1. The zero-order chi connectivity index (χ0) is 11.5. The van der Waals surface area contributed by atoms with Gasteiger partial charge in [0.05, 0.1) is 11.0 Å². The molecular formula is C10H11FN2O2S. The highest BCUT2D eigenvalue weighted by Gasteiger charge is 2.16. The molecule has 1 aliphatic rings. The Balaban J connectivity index is 2.28. The summed E-state index contributed by atoms with van der Waals surface area (Å²) < 4.78 is 13.2. The normalized spacial score (nSPS) is 16.2. The van der Waals surface area contributed by atoms with Crippen LogP contribution in [-0.2, 0) is 0 Å². The zero-order valence-corrected chi connectivity index (χ0v) is 9.37. The molecule has 0 saturated carbocycles. The molecule has 16 heavy (non-hydrogen) atoms. The highest BCUT2D eigenvalue weighted by Crippen LogP contribution is 2.25. The van der Waals surface area contributed by atoms with Gasteiger partial charge in [-0.1, -0.05) is 0 Å². The van der Waals surface area contributed by atoms with E-state index in [1.54, 1.807) is 0 Å². The number of nitro benzene ring substituents is 1. The lowest BCUT2D eigenvalue weighted by Crippen LogP contribution is -2.32. The molecule has 0 aliphatic carbocycles. The van der Waals surface area contributed by atoms with E-state index in [4.69, 9.17) is 0 Å². The molecule has 0 amide bonds. The summed E-state index contributed by atoms with van der Waals surface area (Å²) in [4.78, 5) is 12.0. The lowest BCUT2D eigenvalue weighted by Gasteiger charge is -2.28. The van der Waals surface area contributed by atoms with E-state index >= 15 is 0 Å².